The number of aliphatic hydroxyl groups excluding tert-OH is 1. The Labute approximate surface area is 157 Å². The monoisotopic (exact) mass is 378 g/mol. The van der Waals surface area contributed by atoms with Crippen LogP contribution in [0.1, 0.15) is 38.4 Å². The second kappa shape index (κ2) is 8.30. The molecule has 1 unspecified atom stereocenters. The molecule has 0 saturated heterocycles. The summed E-state index contributed by atoms with van der Waals surface area (Å²) in [4.78, 5) is 25.1. The van der Waals surface area contributed by atoms with Crippen molar-refractivity contribution in [1.29, 1.82) is 0 Å². The van der Waals surface area contributed by atoms with E-state index in [0.717, 1.165) is 5.56 Å². The minimum Gasteiger partial charge on any atom is -0.493 e. The number of benzene rings is 1. The molecule has 0 radical (unpaired) electrons. The minimum absolute atomic E-state index is 0.220. The second-order valence-electron chi connectivity index (χ2n) is 7.55. The molecule has 8 nitrogen and oxygen atoms in total. The second-order valence-corrected chi connectivity index (χ2v) is 7.55. The van der Waals surface area contributed by atoms with Crippen LogP contribution in [0.4, 0.5) is 0 Å². The summed E-state index contributed by atoms with van der Waals surface area (Å²) in [5, 5.41) is 29.0. The van der Waals surface area contributed by atoms with Gasteiger partial charge in [0.25, 0.3) is 0 Å². The molecule has 27 heavy (non-hydrogen) atoms. The van der Waals surface area contributed by atoms with Crippen LogP contribution >= 0.6 is 0 Å². The zero-order valence-corrected chi connectivity index (χ0v) is 15.7. The number of aromatic nitrogens is 2. The fraction of sp³-hybridized carbons (Fsp3) is 0.474. The average molecular weight is 378 g/mol. The van der Waals surface area contributed by atoms with Gasteiger partial charge < -0.3 is 20.1 Å². The maximum absolute atomic E-state index is 12.1. The van der Waals surface area contributed by atoms with Crippen molar-refractivity contribution in [2.24, 2.45) is 5.41 Å². The van der Waals surface area contributed by atoms with Crippen molar-refractivity contribution in [2.45, 2.75) is 46.3 Å². The van der Waals surface area contributed by atoms with E-state index < -0.39 is 24.4 Å². The zero-order chi connectivity index (χ0) is 20.2. The van der Waals surface area contributed by atoms with E-state index in [2.05, 4.69) is 4.98 Å². The molecule has 0 aliphatic carbocycles. The van der Waals surface area contributed by atoms with Gasteiger partial charge in [-0.25, -0.2) is 9.59 Å². The highest BCUT2D eigenvalue weighted by Crippen LogP contribution is 2.24. The molecule has 2 rings (SSSR count). The van der Waals surface area contributed by atoms with Crippen LogP contribution in [0.2, 0.25) is 0 Å². The predicted octanol–water partition coefficient (Wildman–Crippen LogP) is 1.73. The van der Waals surface area contributed by atoms with Gasteiger partial charge in [-0.15, -0.1) is 0 Å². The van der Waals surface area contributed by atoms with Crippen molar-refractivity contribution < 1.29 is 24.9 Å². The number of imidazole rings is 1. The normalized spacial score (nSPS) is 12.7. The Kier molecular flexibility index (Phi) is 6.32. The lowest BCUT2D eigenvalue weighted by atomic mass is 9.87. The number of aromatic hydroxyl groups is 1. The molecule has 0 spiro atoms. The lowest BCUT2D eigenvalue weighted by Gasteiger charge is -2.26. The number of aliphatic carboxylic acids is 1. The lowest BCUT2D eigenvalue weighted by molar-refractivity contribution is -0.139. The number of carboxylic acid groups (broad SMARTS) is 1. The molecule has 4 N–H and O–H groups in total. The SMILES string of the molecule is CC(C)(C)C(O)CCn1c(Cc2cccc(OCC(=O)O)c2)c(O)[nH]c1=O. The van der Waals surface area contributed by atoms with Crippen LogP contribution < -0.4 is 10.4 Å². The standard InChI is InChI=1S/C19H26N2O6/c1-19(2,3)15(22)7-8-21-14(17(25)20-18(21)26)10-12-5-4-6-13(9-12)27-11-16(23)24/h4-6,9,15,22,25H,7-8,10-11H2,1-3H3,(H,20,26)(H,23,24). The number of H-pyrrole nitrogens is 1. The summed E-state index contributed by atoms with van der Waals surface area (Å²) in [5.74, 6) is -0.904. The predicted molar refractivity (Wildman–Crippen MR) is 99.2 cm³/mol. The molecule has 0 aliphatic heterocycles. The number of rotatable bonds is 8. The van der Waals surface area contributed by atoms with E-state index in [9.17, 15) is 19.8 Å². The molecule has 2 aromatic rings. The Hall–Kier alpha value is -2.74. The van der Waals surface area contributed by atoms with Crippen molar-refractivity contribution in [3.63, 3.8) is 0 Å². The molecule has 1 heterocycles. The van der Waals surface area contributed by atoms with Gasteiger partial charge in [0, 0.05) is 13.0 Å². The number of hydrogen-bond acceptors (Lipinski definition) is 5. The summed E-state index contributed by atoms with van der Waals surface area (Å²) in [5.41, 5.74) is 0.397. The van der Waals surface area contributed by atoms with E-state index in [1.807, 2.05) is 20.8 Å². The molecule has 1 aromatic carbocycles. The van der Waals surface area contributed by atoms with E-state index in [1.54, 1.807) is 24.3 Å². The first-order chi connectivity index (χ1) is 12.6. The molecule has 0 fully saturated rings. The first kappa shape index (κ1) is 20.6. The first-order valence-electron chi connectivity index (χ1n) is 8.70. The fourth-order valence-corrected chi connectivity index (χ4v) is 2.68. The van der Waals surface area contributed by atoms with Crippen LogP contribution in [0.15, 0.2) is 29.1 Å². The highest BCUT2D eigenvalue weighted by atomic mass is 16.5. The molecule has 148 valence electrons. The molecular formula is C19H26N2O6. The van der Waals surface area contributed by atoms with E-state index in [4.69, 9.17) is 9.84 Å². The van der Waals surface area contributed by atoms with Gasteiger partial charge in [0.2, 0.25) is 5.88 Å². The van der Waals surface area contributed by atoms with Crippen LogP contribution in [0.25, 0.3) is 0 Å². The highest BCUT2D eigenvalue weighted by Gasteiger charge is 2.23. The third-order valence-corrected chi connectivity index (χ3v) is 4.33. The number of carboxylic acids is 1. The Morgan fingerprint density at radius 3 is 2.67 bits per heavy atom. The van der Waals surface area contributed by atoms with E-state index in [0.29, 0.717) is 17.9 Å². The van der Waals surface area contributed by atoms with Crippen molar-refractivity contribution in [2.75, 3.05) is 6.61 Å². The van der Waals surface area contributed by atoms with Gasteiger partial charge in [-0.05, 0) is 29.5 Å². The molecule has 0 saturated carbocycles. The van der Waals surface area contributed by atoms with Crippen LogP contribution in [0.5, 0.6) is 11.6 Å². The molecule has 8 heteroatoms. The van der Waals surface area contributed by atoms with E-state index >= 15 is 0 Å². The number of nitrogens with one attached hydrogen (secondary N) is 1. The van der Waals surface area contributed by atoms with Gasteiger partial charge in [0.15, 0.2) is 6.61 Å². The summed E-state index contributed by atoms with van der Waals surface area (Å²) in [7, 11) is 0. The van der Waals surface area contributed by atoms with Crippen molar-refractivity contribution in [1.82, 2.24) is 9.55 Å². The average Bonchev–Trinajstić information content (AvgIpc) is 2.83. The highest BCUT2D eigenvalue weighted by molar-refractivity contribution is 5.68. The van der Waals surface area contributed by atoms with Gasteiger partial charge in [-0.1, -0.05) is 32.9 Å². The smallest absolute Gasteiger partial charge is 0.341 e. The Morgan fingerprint density at radius 2 is 2.04 bits per heavy atom. The molecule has 1 atom stereocenters. The minimum atomic E-state index is -1.07. The Morgan fingerprint density at radius 1 is 1.33 bits per heavy atom. The number of aromatic amines is 1. The largest absolute Gasteiger partial charge is 0.493 e. The maximum atomic E-state index is 12.1. The summed E-state index contributed by atoms with van der Waals surface area (Å²) >= 11 is 0. The van der Waals surface area contributed by atoms with Crippen molar-refractivity contribution >= 4 is 5.97 Å². The molecule has 1 aromatic heterocycles. The Bertz CT molecular complexity index is 847. The summed E-state index contributed by atoms with van der Waals surface area (Å²) in [6.07, 6.45) is 0.0256. The van der Waals surface area contributed by atoms with Crippen LogP contribution in [-0.4, -0.2) is 43.6 Å². The van der Waals surface area contributed by atoms with Gasteiger partial charge in [0.05, 0.1) is 11.8 Å². The van der Waals surface area contributed by atoms with Gasteiger partial charge in [-0.3, -0.25) is 9.55 Å². The molecule has 0 bridgehead atoms. The molecule has 0 amide bonds. The topological polar surface area (TPSA) is 125 Å². The number of carbonyl (C=O) groups is 1. The number of ether oxygens (including phenoxy) is 1. The van der Waals surface area contributed by atoms with Crippen molar-refractivity contribution in [3.8, 4) is 11.6 Å². The zero-order valence-electron chi connectivity index (χ0n) is 15.7. The summed E-state index contributed by atoms with van der Waals surface area (Å²) in [6.45, 7) is 5.56. The number of aliphatic hydroxyl groups is 1. The fourth-order valence-electron chi connectivity index (χ4n) is 2.68. The molecular weight excluding hydrogens is 352 g/mol. The summed E-state index contributed by atoms with van der Waals surface area (Å²) < 4.78 is 6.57. The molecule has 0 aliphatic rings. The summed E-state index contributed by atoms with van der Waals surface area (Å²) in [6, 6.07) is 6.80. The van der Waals surface area contributed by atoms with E-state index in [1.165, 1.54) is 4.57 Å². The Balaban J connectivity index is 2.18. The van der Waals surface area contributed by atoms with Crippen LogP contribution in [-0.2, 0) is 17.8 Å². The first-order valence-corrected chi connectivity index (χ1v) is 8.70. The number of hydrogen-bond donors (Lipinski definition) is 4. The third kappa shape index (κ3) is 5.62. The van der Waals surface area contributed by atoms with Crippen molar-refractivity contribution in [3.05, 3.63) is 46.0 Å². The van der Waals surface area contributed by atoms with Crippen LogP contribution in [0.3, 0.4) is 0 Å². The van der Waals surface area contributed by atoms with Gasteiger partial charge in [-0.2, -0.15) is 0 Å². The van der Waals surface area contributed by atoms with E-state index in [-0.39, 0.29) is 24.3 Å². The quantitative estimate of drug-likeness (QED) is 0.554. The van der Waals surface area contributed by atoms with Gasteiger partial charge >= 0.3 is 11.7 Å². The third-order valence-electron chi connectivity index (χ3n) is 4.33. The van der Waals surface area contributed by atoms with Crippen LogP contribution in [0, 0.1) is 5.41 Å². The van der Waals surface area contributed by atoms with Gasteiger partial charge in [0.1, 0.15) is 5.75 Å². The number of nitrogens with zero attached hydrogens (tertiary/aromatic N) is 1. The maximum Gasteiger partial charge on any atom is 0.341 e. The lowest BCUT2D eigenvalue weighted by Crippen LogP contribution is -2.29.